The summed E-state index contributed by atoms with van der Waals surface area (Å²) in [5, 5.41) is 8.18. The number of rotatable bonds is 6. The maximum Gasteiger partial charge on any atom is 0.220 e. The van der Waals surface area contributed by atoms with Gasteiger partial charge in [0, 0.05) is 51.0 Å². The van der Waals surface area contributed by atoms with Gasteiger partial charge in [0.05, 0.1) is 0 Å². The molecule has 0 aliphatic carbocycles. The number of benzene rings is 3. The largest absolute Gasteiger partial charge is 0.377 e. The molecular formula is C28H39N3O. The van der Waals surface area contributed by atoms with Crippen molar-refractivity contribution in [1.29, 1.82) is 0 Å². The first-order chi connectivity index (χ1) is 14.9. The van der Waals surface area contributed by atoms with Gasteiger partial charge in [-0.3, -0.25) is 4.79 Å². The van der Waals surface area contributed by atoms with E-state index in [1.807, 2.05) is 20.8 Å². The molecule has 3 rings (SSSR count). The number of aryl methyl sites for hydroxylation is 2. The van der Waals surface area contributed by atoms with Crippen LogP contribution < -0.4 is 15.1 Å². The third-order valence-corrected chi connectivity index (χ3v) is 6.27. The van der Waals surface area contributed by atoms with Crippen LogP contribution in [-0.4, -0.2) is 39.1 Å². The number of hydrogen-bond donors (Lipinski definition) is 1. The highest BCUT2D eigenvalue weighted by Gasteiger charge is 2.15. The summed E-state index contributed by atoms with van der Waals surface area (Å²) in [6.07, 6.45) is 1.38. The second-order valence-electron chi connectivity index (χ2n) is 10.4. The van der Waals surface area contributed by atoms with Crippen LogP contribution in [0.25, 0.3) is 21.5 Å². The Morgan fingerprint density at radius 3 is 2.09 bits per heavy atom. The number of carbonyl (C=O) groups is 1. The Kier molecular flexibility index (Phi) is 6.73. The van der Waals surface area contributed by atoms with Crippen LogP contribution in [0.1, 0.15) is 50.3 Å². The molecule has 0 aliphatic rings. The Labute approximate surface area is 193 Å². The Hall–Kier alpha value is -2.75. The van der Waals surface area contributed by atoms with Crippen LogP contribution in [-0.2, 0) is 4.79 Å². The first-order valence-electron chi connectivity index (χ1n) is 11.5. The molecular weight excluding hydrogens is 394 g/mol. The van der Waals surface area contributed by atoms with Crippen molar-refractivity contribution >= 4 is 38.8 Å². The summed E-state index contributed by atoms with van der Waals surface area (Å²) < 4.78 is 0. The molecule has 32 heavy (non-hydrogen) atoms. The number of carbonyl (C=O) groups excluding carboxylic acids is 1. The predicted octanol–water partition coefficient (Wildman–Crippen LogP) is 6.12. The third-order valence-electron chi connectivity index (χ3n) is 6.27. The third kappa shape index (κ3) is 5.17. The molecule has 0 heterocycles. The van der Waals surface area contributed by atoms with E-state index in [0.29, 0.717) is 6.42 Å². The zero-order valence-corrected chi connectivity index (χ0v) is 21.3. The molecule has 0 fully saturated rings. The second-order valence-corrected chi connectivity index (χ2v) is 10.4. The van der Waals surface area contributed by atoms with Gasteiger partial charge in [0.15, 0.2) is 0 Å². The van der Waals surface area contributed by atoms with Crippen molar-refractivity contribution in [1.82, 2.24) is 5.32 Å². The Morgan fingerprint density at radius 1 is 0.844 bits per heavy atom. The van der Waals surface area contributed by atoms with Crippen molar-refractivity contribution in [2.75, 3.05) is 37.5 Å². The van der Waals surface area contributed by atoms with Crippen molar-refractivity contribution in [3.8, 4) is 0 Å². The first kappa shape index (κ1) is 23.9. The summed E-state index contributed by atoms with van der Waals surface area (Å²) in [5.74, 6) is 0.120. The Balaban J connectivity index is 1.88. The van der Waals surface area contributed by atoms with Gasteiger partial charge in [-0.25, -0.2) is 0 Å². The van der Waals surface area contributed by atoms with Crippen molar-refractivity contribution in [3.05, 3.63) is 47.0 Å². The van der Waals surface area contributed by atoms with E-state index >= 15 is 0 Å². The first-order valence-corrected chi connectivity index (χ1v) is 11.5. The van der Waals surface area contributed by atoms with E-state index in [9.17, 15) is 4.79 Å². The number of nitrogens with one attached hydrogen (secondary N) is 1. The fraction of sp³-hybridized carbons (Fsp3) is 0.464. The van der Waals surface area contributed by atoms with Crippen LogP contribution in [0.5, 0.6) is 0 Å². The van der Waals surface area contributed by atoms with Crippen LogP contribution in [0.4, 0.5) is 11.4 Å². The molecule has 0 atom stereocenters. The summed E-state index contributed by atoms with van der Waals surface area (Å²) in [5.41, 5.74) is 6.27. The van der Waals surface area contributed by atoms with E-state index < -0.39 is 0 Å². The van der Waals surface area contributed by atoms with Gasteiger partial charge >= 0.3 is 0 Å². The monoisotopic (exact) mass is 433 g/mol. The zero-order valence-electron chi connectivity index (χ0n) is 21.3. The fourth-order valence-electron chi connectivity index (χ4n) is 4.52. The van der Waals surface area contributed by atoms with E-state index in [-0.39, 0.29) is 11.4 Å². The van der Waals surface area contributed by atoms with Gasteiger partial charge in [-0.2, -0.15) is 0 Å². The molecule has 0 aliphatic heterocycles. The smallest absolute Gasteiger partial charge is 0.220 e. The molecule has 0 saturated carbocycles. The van der Waals surface area contributed by atoms with E-state index in [0.717, 1.165) is 13.0 Å². The summed E-state index contributed by atoms with van der Waals surface area (Å²) in [6, 6.07) is 11.5. The number of fused-ring (bicyclic) bond motifs is 2. The van der Waals surface area contributed by atoms with Gasteiger partial charge in [0.2, 0.25) is 5.91 Å². The van der Waals surface area contributed by atoms with E-state index in [4.69, 9.17) is 0 Å². The van der Waals surface area contributed by atoms with Crippen molar-refractivity contribution in [2.24, 2.45) is 0 Å². The zero-order chi connectivity index (χ0) is 23.8. The maximum atomic E-state index is 12.1. The van der Waals surface area contributed by atoms with Crippen LogP contribution in [0.3, 0.4) is 0 Å². The second kappa shape index (κ2) is 9.01. The lowest BCUT2D eigenvalue weighted by molar-refractivity contribution is -0.122. The van der Waals surface area contributed by atoms with Gasteiger partial charge in [-0.15, -0.1) is 0 Å². The minimum absolute atomic E-state index is 0.120. The van der Waals surface area contributed by atoms with Gasteiger partial charge in [-0.1, -0.05) is 0 Å². The molecule has 0 saturated heterocycles. The molecule has 3 aromatic rings. The topological polar surface area (TPSA) is 35.6 Å². The molecule has 0 spiro atoms. The molecule has 0 unspecified atom stereocenters. The molecule has 4 heteroatoms. The Bertz CT molecular complexity index is 1160. The summed E-state index contributed by atoms with van der Waals surface area (Å²) in [4.78, 5) is 16.6. The highest BCUT2D eigenvalue weighted by molar-refractivity contribution is 6.03. The van der Waals surface area contributed by atoms with Crippen LogP contribution in [0, 0.1) is 20.8 Å². The van der Waals surface area contributed by atoms with Crippen LogP contribution in [0.2, 0.25) is 0 Å². The summed E-state index contributed by atoms with van der Waals surface area (Å²) >= 11 is 0. The number of nitrogens with zero attached hydrogens (tertiary/aromatic N) is 2. The average molecular weight is 434 g/mol. The highest BCUT2D eigenvalue weighted by Crippen LogP contribution is 2.35. The lowest BCUT2D eigenvalue weighted by Crippen LogP contribution is -2.40. The average Bonchev–Trinajstić information content (AvgIpc) is 2.67. The number of amides is 1. The van der Waals surface area contributed by atoms with Gasteiger partial charge in [0.25, 0.3) is 0 Å². The van der Waals surface area contributed by atoms with E-state index in [2.05, 4.69) is 87.4 Å². The molecule has 4 nitrogen and oxygen atoms in total. The molecule has 172 valence electrons. The lowest BCUT2D eigenvalue weighted by atomic mass is 9.94. The SMILES string of the molecule is Cc1cc2cc3c(C)c(C)c(N(C)C)cc3cc2cc1N(C)CCCC(=O)NC(C)(C)C. The maximum absolute atomic E-state index is 12.1. The van der Waals surface area contributed by atoms with Gasteiger partial charge in [0.1, 0.15) is 0 Å². The summed E-state index contributed by atoms with van der Waals surface area (Å²) in [7, 11) is 6.33. The Morgan fingerprint density at radius 2 is 1.47 bits per heavy atom. The number of hydrogen-bond acceptors (Lipinski definition) is 3. The van der Waals surface area contributed by atoms with Gasteiger partial charge < -0.3 is 15.1 Å². The normalized spacial score (nSPS) is 11.8. The highest BCUT2D eigenvalue weighted by atomic mass is 16.1. The molecule has 3 aromatic carbocycles. The molecule has 1 amide bonds. The molecule has 1 N–H and O–H groups in total. The molecule has 0 radical (unpaired) electrons. The van der Waals surface area contributed by atoms with Crippen molar-refractivity contribution in [2.45, 2.75) is 59.9 Å². The van der Waals surface area contributed by atoms with Crippen molar-refractivity contribution in [3.63, 3.8) is 0 Å². The van der Waals surface area contributed by atoms with Crippen LogP contribution >= 0.6 is 0 Å². The molecule has 0 bridgehead atoms. The predicted molar refractivity (Wildman–Crippen MR) is 140 cm³/mol. The van der Waals surface area contributed by atoms with E-state index in [1.54, 1.807) is 0 Å². The van der Waals surface area contributed by atoms with Gasteiger partial charge in [-0.05, 0) is 117 Å². The van der Waals surface area contributed by atoms with Crippen LogP contribution in [0.15, 0.2) is 30.3 Å². The number of anilines is 2. The van der Waals surface area contributed by atoms with Crippen molar-refractivity contribution < 1.29 is 4.79 Å². The lowest BCUT2D eigenvalue weighted by Gasteiger charge is -2.24. The molecule has 0 aromatic heterocycles. The standard InChI is InChI=1S/C28H39N3O/c1-18-13-21-15-24-19(2)20(3)26(30(7)8)17-23(24)14-22(21)16-25(18)31(9)12-10-11-27(32)29-28(4,5)6/h13-17H,10-12H2,1-9H3,(H,29,32). The minimum atomic E-state index is -0.177. The summed E-state index contributed by atoms with van der Waals surface area (Å²) in [6.45, 7) is 13.5. The minimum Gasteiger partial charge on any atom is -0.377 e. The fourth-order valence-corrected chi connectivity index (χ4v) is 4.52. The quantitative estimate of drug-likeness (QED) is 0.476. The van der Waals surface area contributed by atoms with E-state index in [1.165, 1.54) is 49.6 Å².